The van der Waals surface area contributed by atoms with Crippen molar-refractivity contribution in [3.8, 4) is 6.07 Å². The predicted molar refractivity (Wildman–Crippen MR) is 127 cm³/mol. The molecular formula is C22H28N4O2S2. The molecule has 0 bridgehead atoms. The largest absolute Gasteiger partial charge is 0.357 e. The fraction of sp³-hybridized carbons (Fsp3) is 0.545. The number of hydrogen-bond donors (Lipinski definition) is 0. The number of hydrogen-bond acceptors (Lipinski definition) is 6. The van der Waals surface area contributed by atoms with Crippen LogP contribution < -0.4 is 10.5 Å². The molecule has 0 aliphatic carbocycles. The molecule has 3 rings (SSSR count). The molecule has 2 saturated heterocycles. The van der Waals surface area contributed by atoms with Gasteiger partial charge in [0, 0.05) is 32.2 Å². The number of thioether (sulfide) groups is 1. The number of piperidine rings is 1. The molecule has 2 aliphatic rings. The zero-order valence-corrected chi connectivity index (χ0v) is 19.7. The number of anilines is 1. The van der Waals surface area contributed by atoms with Crippen LogP contribution in [0.25, 0.3) is 6.08 Å². The van der Waals surface area contributed by atoms with E-state index in [9.17, 15) is 14.9 Å². The van der Waals surface area contributed by atoms with Crippen LogP contribution in [-0.4, -0.2) is 39.8 Å². The van der Waals surface area contributed by atoms with Gasteiger partial charge in [-0.15, -0.1) is 0 Å². The van der Waals surface area contributed by atoms with E-state index < -0.39 is 0 Å². The Balaban J connectivity index is 2.28. The van der Waals surface area contributed by atoms with Crippen LogP contribution in [0, 0.1) is 24.2 Å². The molecular weight excluding hydrogens is 416 g/mol. The number of thiocarbonyl (C=S) groups is 1. The lowest BCUT2D eigenvalue weighted by atomic mass is 9.98. The van der Waals surface area contributed by atoms with Crippen LogP contribution in [-0.2, 0) is 11.3 Å². The second kappa shape index (κ2) is 9.36. The maximum absolute atomic E-state index is 13.2. The summed E-state index contributed by atoms with van der Waals surface area (Å²) in [5.74, 6) is 1.20. The number of amides is 1. The molecule has 2 aliphatic heterocycles. The smallest absolute Gasteiger partial charge is 0.270 e. The van der Waals surface area contributed by atoms with Gasteiger partial charge in [0.1, 0.15) is 21.8 Å². The topological polar surface area (TPSA) is 69.3 Å². The van der Waals surface area contributed by atoms with Crippen LogP contribution >= 0.6 is 24.0 Å². The van der Waals surface area contributed by atoms with Crippen molar-refractivity contribution in [2.45, 2.75) is 53.0 Å². The zero-order chi connectivity index (χ0) is 22.0. The maximum atomic E-state index is 13.2. The van der Waals surface area contributed by atoms with E-state index in [1.807, 2.05) is 6.08 Å². The minimum Gasteiger partial charge on any atom is -0.357 e. The van der Waals surface area contributed by atoms with Crippen LogP contribution in [0.1, 0.15) is 56.2 Å². The molecule has 8 heteroatoms. The van der Waals surface area contributed by atoms with Crippen molar-refractivity contribution in [3.05, 3.63) is 31.9 Å². The second-order valence-corrected chi connectivity index (χ2v) is 9.77. The van der Waals surface area contributed by atoms with Gasteiger partial charge in [-0.25, -0.2) is 0 Å². The Hall–Kier alpha value is -2.11. The van der Waals surface area contributed by atoms with Gasteiger partial charge in [0.2, 0.25) is 0 Å². The van der Waals surface area contributed by atoms with Gasteiger partial charge in [0.25, 0.3) is 11.5 Å². The van der Waals surface area contributed by atoms with Crippen LogP contribution in [0.5, 0.6) is 0 Å². The summed E-state index contributed by atoms with van der Waals surface area (Å²) >= 11 is 6.54. The normalized spacial score (nSPS) is 20.9. The highest BCUT2D eigenvalue weighted by Gasteiger charge is 2.31. The van der Waals surface area contributed by atoms with Gasteiger partial charge in [-0.05, 0) is 43.7 Å². The van der Waals surface area contributed by atoms with E-state index in [0.29, 0.717) is 27.3 Å². The van der Waals surface area contributed by atoms with E-state index in [0.717, 1.165) is 50.2 Å². The molecule has 0 saturated carbocycles. The standard InChI is InChI=1S/C22H28N4O2S2/c1-5-6-10-26-19(25-9-7-8-14(2)13-25)16(15(3)17(12-23)20(26)27)11-18-21(28)24(4)22(29)30-18/h11,14H,5-10,13H2,1-4H3/b18-11-. The molecule has 1 atom stereocenters. The van der Waals surface area contributed by atoms with Gasteiger partial charge in [-0.2, -0.15) is 5.26 Å². The Labute approximate surface area is 187 Å². The summed E-state index contributed by atoms with van der Waals surface area (Å²) in [5.41, 5.74) is 1.32. The molecule has 3 heterocycles. The molecule has 6 nitrogen and oxygen atoms in total. The lowest BCUT2D eigenvalue weighted by Crippen LogP contribution is -2.40. The highest BCUT2D eigenvalue weighted by Crippen LogP contribution is 2.36. The Bertz CT molecular complexity index is 1010. The summed E-state index contributed by atoms with van der Waals surface area (Å²) in [6.45, 7) is 8.38. The molecule has 1 amide bonds. The van der Waals surface area contributed by atoms with Gasteiger partial charge < -0.3 is 4.90 Å². The van der Waals surface area contributed by atoms with Gasteiger partial charge >= 0.3 is 0 Å². The fourth-order valence-corrected chi connectivity index (χ4v) is 5.23. The van der Waals surface area contributed by atoms with Crippen molar-refractivity contribution in [2.75, 3.05) is 25.0 Å². The van der Waals surface area contributed by atoms with Gasteiger partial charge in [0.15, 0.2) is 0 Å². The summed E-state index contributed by atoms with van der Waals surface area (Å²) in [6, 6.07) is 2.10. The molecule has 160 valence electrons. The van der Waals surface area contributed by atoms with Crippen LogP contribution in [0.4, 0.5) is 5.82 Å². The van der Waals surface area contributed by atoms with Crippen molar-refractivity contribution in [1.82, 2.24) is 9.47 Å². The van der Waals surface area contributed by atoms with Gasteiger partial charge in [-0.3, -0.25) is 19.1 Å². The van der Waals surface area contributed by atoms with Crippen molar-refractivity contribution < 1.29 is 4.79 Å². The lowest BCUT2D eigenvalue weighted by molar-refractivity contribution is -0.121. The van der Waals surface area contributed by atoms with E-state index in [2.05, 4.69) is 24.8 Å². The Morgan fingerprint density at radius 2 is 2.10 bits per heavy atom. The van der Waals surface area contributed by atoms with Crippen molar-refractivity contribution in [3.63, 3.8) is 0 Å². The number of pyridine rings is 1. The molecule has 0 radical (unpaired) electrons. The van der Waals surface area contributed by atoms with E-state index in [1.54, 1.807) is 18.5 Å². The Morgan fingerprint density at radius 3 is 2.67 bits per heavy atom. The number of aromatic nitrogens is 1. The number of nitriles is 1. The van der Waals surface area contributed by atoms with Crippen LogP contribution in [0.2, 0.25) is 0 Å². The number of carbonyl (C=O) groups excluding carboxylic acids is 1. The fourth-order valence-electron chi connectivity index (χ4n) is 4.07. The third-order valence-electron chi connectivity index (χ3n) is 5.80. The van der Waals surface area contributed by atoms with E-state index in [1.165, 1.54) is 16.7 Å². The average Bonchev–Trinajstić information content (AvgIpc) is 2.96. The summed E-state index contributed by atoms with van der Waals surface area (Å²) in [6.07, 6.45) is 5.84. The SMILES string of the molecule is CCCCn1c(N2CCCC(C)C2)c(/C=C2\SC(=S)N(C)C2=O)c(C)c(C#N)c1=O. The first-order valence-corrected chi connectivity index (χ1v) is 11.7. The van der Waals surface area contributed by atoms with E-state index >= 15 is 0 Å². The predicted octanol–water partition coefficient (Wildman–Crippen LogP) is 3.90. The number of nitrogens with zero attached hydrogens (tertiary/aromatic N) is 4. The Kier molecular flexibility index (Phi) is 7.04. The molecule has 1 aromatic rings. The molecule has 0 aromatic carbocycles. The Morgan fingerprint density at radius 1 is 1.37 bits per heavy atom. The number of likely N-dealkylation sites (N-methyl/N-ethyl adjacent to an activating group) is 1. The first-order valence-electron chi connectivity index (χ1n) is 10.4. The molecule has 30 heavy (non-hydrogen) atoms. The molecule has 1 unspecified atom stereocenters. The third kappa shape index (κ3) is 4.19. The minimum atomic E-state index is -0.239. The second-order valence-electron chi connectivity index (χ2n) is 8.09. The number of rotatable bonds is 5. The van der Waals surface area contributed by atoms with Crippen LogP contribution in [0.3, 0.4) is 0 Å². The maximum Gasteiger partial charge on any atom is 0.270 e. The minimum absolute atomic E-state index is 0.146. The quantitative estimate of drug-likeness (QED) is 0.507. The van der Waals surface area contributed by atoms with Gasteiger partial charge in [0.05, 0.1) is 4.91 Å². The molecule has 0 spiro atoms. The molecule has 0 N–H and O–H groups in total. The van der Waals surface area contributed by atoms with Crippen LogP contribution in [0.15, 0.2) is 9.70 Å². The van der Waals surface area contributed by atoms with E-state index in [-0.39, 0.29) is 17.0 Å². The summed E-state index contributed by atoms with van der Waals surface area (Å²) in [7, 11) is 1.67. The highest BCUT2D eigenvalue weighted by atomic mass is 32.2. The zero-order valence-electron chi connectivity index (χ0n) is 18.0. The number of unbranched alkanes of at least 4 members (excludes halogenated alkanes) is 1. The monoisotopic (exact) mass is 444 g/mol. The molecule has 1 aromatic heterocycles. The summed E-state index contributed by atoms with van der Waals surface area (Å²) in [5, 5.41) is 9.72. The molecule has 2 fully saturated rings. The first-order chi connectivity index (χ1) is 14.3. The average molecular weight is 445 g/mol. The summed E-state index contributed by atoms with van der Waals surface area (Å²) < 4.78 is 2.27. The van der Waals surface area contributed by atoms with Crippen molar-refractivity contribution >= 4 is 46.1 Å². The van der Waals surface area contributed by atoms with E-state index in [4.69, 9.17) is 12.2 Å². The lowest BCUT2D eigenvalue weighted by Gasteiger charge is -2.36. The summed E-state index contributed by atoms with van der Waals surface area (Å²) in [4.78, 5) is 30.1. The van der Waals surface area contributed by atoms with Gasteiger partial charge in [-0.1, -0.05) is 44.2 Å². The third-order valence-corrected chi connectivity index (χ3v) is 7.28. The van der Waals surface area contributed by atoms with Crippen molar-refractivity contribution in [2.24, 2.45) is 5.92 Å². The highest BCUT2D eigenvalue weighted by molar-refractivity contribution is 8.26. The van der Waals surface area contributed by atoms with Crippen molar-refractivity contribution in [1.29, 1.82) is 5.26 Å². The first kappa shape index (κ1) is 22.6. The number of carbonyl (C=O) groups is 1.